The highest BCUT2D eigenvalue weighted by atomic mass is 35.5. The van der Waals surface area contributed by atoms with Crippen LogP contribution in [-0.2, 0) is 22.7 Å². The van der Waals surface area contributed by atoms with Gasteiger partial charge in [0.25, 0.3) is 0 Å². The predicted molar refractivity (Wildman–Crippen MR) is 108 cm³/mol. The third kappa shape index (κ3) is 8.36. The molecule has 0 bridgehead atoms. The maximum Gasteiger partial charge on any atom is 0.221 e. The minimum Gasteiger partial charge on any atom is -0.369 e. The van der Waals surface area contributed by atoms with E-state index in [0.29, 0.717) is 13.0 Å². The number of carbonyl (C=O) groups is 2. The van der Waals surface area contributed by atoms with Gasteiger partial charge in [-0.1, -0.05) is 24.3 Å². The Morgan fingerprint density at radius 2 is 2.00 bits per heavy atom. The molecule has 1 aromatic carbocycles. The van der Waals surface area contributed by atoms with Crippen molar-refractivity contribution < 1.29 is 9.59 Å². The summed E-state index contributed by atoms with van der Waals surface area (Å²) in [5.74, 6) is -0.277. The SMILES string of the molecule is CC(N)CC(=O)NCc1cccc(CN2CCCC(C(N)=O)C2)c1.Cl.Cl. The minimum atomic E-state index is -0.203. The molecule has 2 rings (SSSR count). The van der Waals surface area contributed by atoms with Crippen molar-refractivity contribution >= 4 is 36.6 Å². The monoisotopic (exact) mass is 404 g/mol. The number of hydrogen-bond donors (Lipinski definition) is 3. The number of amides is 2. The zero-order chi connectivity index (χ0) is 17.5. The van der Waals surface area contributed by atoms with Crippen LogP contribution in [0, 0.1) is 5.92 Å². The third-order valence-electron chi connectivity index (χ3n) is 4.30. The number of hydrogen-bond acceptors (Lipinski definition) is 4. The first-order valence-corrected chi connectivity index (χ1v) is 8.56. The quantitative estimate of drug-likeness (QED) is 0.641. The van der Waals surface area contributed by atoms with Gasteiger partial charge in [-0.25, -0.2) is 0 Å². The number of piperidine rings is 1. The van der Waals surface area contributed by atoms with Gasteiger partial charge in [0.15, 0.2) is 0 Å². The number of carbonyl (C=O) groups excluding carboxylic acids is 2. The van der Waals surface area contributed by atoms with Crippen LogP contribution in [0.2, 0.25) is 0 Å². The number of rotatable bonds is 7. The smallest absolute Gasteiger partial charge is 0.221 e. The van der Waals surface area contributed by atoms with E-state index in [1.807, 2.05) is 19.1 Å². The molecule has 1 aliphatic rings. The van der Waals surface area contributed by atoms with Crippen molar-refractivity contribution in [2.45, 2.75) is 45.3 Å². The molecule has 1 fully saturated rings. The summed E-state index contributed by atoms with van der Waals surface area (Å²) < 4.78 is 0. The van der Waals surface area contributed by atoms with Crippen molar-refractivity contribution in [1.29, 1.82) is 0 Å². The highest BCUT2D eigenvalue weighted by molar-refractivity contribution is 5.85. The van der Waals surface area contributed by atoms with Crippen LogP contribution in [0.5, 0.6) is 0 Å². The topological polar surface area (TPSA) is 101 Å². The molecule has 0 aliphatic carbocycles. The molecular weight excluding hydrogens is 375 g/mol. The summed E-state index contributed by atoms with van der Waals surface area (Å²) >= 11 is 0. The number of halogens is 2. The molecule has 1 heterocycles. The molecule has 0 spiro atoms. The second-order valence-corrected chi connectivity index (χ2v) is 6.75. The molecule has 26 heavy (non-hydrogen) atoms. The molecule has 0 aromatic heterocycles. The van der Waals surface area contributed by atoms with Gasteiger partial charge >= 0.3 is 0 Å². The van der Waals surface area contributed by atoms with Crippen LogP contribution in [0.15, 0.2) is 24.3 Å². The first-order chi connectivity index (χ1) is 11.4. The van der Waals surface area contributed by atoms with Gasteiger partial charge in [0.2, 0.25) is 11.8 Å². The van der Waals surface area contributed by atoms with Gasteiger partial charge in [-0.3, -0.25) is 14.5 Å². The summed E-state index contributed by atoms with van der Waals surface area (Å²) in [6.07, 6.45) is 2.22. The molecule has 1 aliphatic heterocycles. The summed E-state index contributed by atoms with van der Waals surface area (Å²) in [5.41, 5.74) is 13.3. The first-order valence-electron chi connectivity index (χ1n) is 8.56. The van der Waals surface area contributed by atoms with E-state index in [1.165, 1.54) is 5.56 Å². The summed E-state index contributed by atoms with van der Waals surface area (Å²) in [6.45, 7) is 4.83. The Labute approximate surface area is 167 Å². The van der Waals surface area contributed by atoms with E-state index in [0.717, 1.165) is 38.0 Å². The number of nitrogens with one attached hydrogen (secondary N) is 1. The Morgan fingerprint density at radius 3 is 2.65 bits per heavy atom. The molecule has 0 saturated carbocycles. The standard InChI is InChI=1S/C18H28N4O2.2ClH/c1-13(19)8-17(23)21-10-14-4-2-5-15(9-14)11-22-7-3-6-16(12-22)18(20)24;;/h2,4-5,9,13,16H,3,6-8,10-12,19H2,1H3,(H2,20,24)(H,21,23);2*1H. The fraction of sp³-hybridized carbons (Fsp3) is 0.556. The maximum absolute atomic E-state index is 11.7. The van der Waals surface area contributed by atoms with Gasteiger partial charge in [-0.15, -0.1) is 24.8 Å². The molecule has 2 amide bonds. The maximum atomic E-state index is 11.7. The number of nitrogens with zero attached hydrogens (tertiary/aromatic N) is 1. The van der Waals surface area contributed by atoms with Crippen LogP contribution in [0.4, 0.5) is 0 Å². The highest BCUT2D eigenvalue weighted by Gasteiger charge is 2.23. The van der Waals surface area contributed by atoms with E-state index in [2.05, 4.69) is 22.3 Å². The summed E-state index contributed by atoms with van der Waals surface area (Å²) in [4.78, 5) is 25.3. The lowest BCUT2D eigenvalue weighted by Gasteiger charge is -2.31. The molecule has 5 N–H and O–H groups in total. The molecule has 6 nitrogen and oxygen atoms in total. The lowest BCUT2D eigenvalue weighted by molar-refractivity contribution is -0.123. The van der Waals surface area contributed by atoms with Crippen LogP contribution in [0.1, 0.15) is 37.3 Å². The van der Waals surface area contributed by atoms with E-state index in [4.69, 9.17) is 11.5 Å². The Balaban J connectivity index is 0.00000312. The molecule has 148 valence electrons. The number of likely N-dealkylation sites (tertiary alicyclic amines) is 1. The van der Waals surface area contributed by atoms with Gasteiger partial charge in [-0.2, -0.15) is 0 Å². The average Bonchev–Trinajstić information content (AvgIpc) is 2.53. The summed E-state index contributed by atoms with van der Waals surface area (Å²) in [7, 11) is 0. The van der Waals surface area contributed by atoms with Gasteiger partial charge < -0.3 is 16.8 Å². The van der Waals surface area contributed by atoms with Gasteiger partial charge in [0.05, 0.1) is 5.92 Å². The minimum absolute atomic E-state index is 0. The van der Waals surface area contributed by atoms with E-state index in [1.54, 1.807) is 0 Å². The second kappa shape index (κ2) is 12.1. The molecular formula is C18H30Cl2N4O2. The molecule has 2 unspecified atom stereocenters. The van der Waals surface area contributed by atoms with Crippen molar-refractivity contribution in [2.75, 3.05) is 13.1 Å². The van der Waals surface area contributed by atoms with E-state index < -0.39 is 0 Å². The zero-order valence-corrected chi connectivity index (χ0v) is 16.8. The van der Waals surface area contributed by atoms with E-state index >= 15 is 0 Å². The average molecular weight is 405 g/mol. The zero-order valence-electron chi connectivity index (χ0n) is 15.1. The lowest BCUT2D eigenvalue weighted by Crippen LogP contribution is -2.40. The fourth-order valence-electron chi connectivity index (χ4n) is 3.09. The van der Waals surface area contributed by atoms with Crippen LogP contribution in [0.25, 0.3) is 0 Å². The van der Waals surface area contributed by atoms with Crippen LogP contribution >= 0.6 is 24.8 Å². The van der Waals surface area contributed by atoms with E-state index in [9.17, 15) is 9.59 Å². The highest BCUT2D eigenvalue weighted by Crippen LogP contribution is 2.18. The third-order valence-corrected chi connectivity index (χ3v) is 4.30. The van der Waals surface area contributed by atoms with Gasteiger partial charge in [-0.05, 0) is 37.4 Å². The lowest BCUT2D eigenvalue weighted by atomic mass is 9.97. The van der Waals surface area contributed by atoms with Crippen molar-refractivity contribution in [3.63, 3.8) is 0 Å². The summed E-state index contributed by atoms with van der Waals surface area (Å²) in [5, 5.41) is 2.89. The molecule has 1 saturated heterocycles. The number of primary amides is 1. The van der Waals surface area contributed by atoms with E-state index in [-0.39, 0.29) is 48.6 Å². The molecule has 2 atom stereocenters. The van der Waals surface area contributed by atoms with Crippen molar-refractivity contribution in [2.24, 2.45) is 17.4 Å². The molecule has 0 radical (unpaired) electrons. The molecule has 1 aromatic rings. The number of nitrogens with two attached hydrogens (primary N) is 2. The molecule has 8 heteroatoms. The second-order valence-electron chi connectivity index (χ2n) is 6.75. The first kappa shape index (κ1) is 24.7. The van der Waals surface area contributed by atoms with Crippen molar-refractivity contribution in [3.05, 3.63) is 35.4 Å². The van der Waals surface area contributed by atoms with Crippen molar-refractivity contribution in [1.82, 2.24) is 10.2 Å². The van der Waals surface area contributed by atoms with Crippen LogP contribution in [-0.4, -0.2) is 35.8 Å². The van der Waals surface area contributed by atoms with Gasteiger partial charge in [0.1, 0.15) is 0 Å². The number of benzene rings is 1. The Morgan fingerprint density at radius 1 is 1.31 bits per heavy atom. The van der Waals surface area contributed by atoms with Crippen LogP contribution in [0.3, 0.4) is 0 Å². The van der Waals surface area contributed by atoms with Gasteiger partial charge in [0, 0.05) is 32.1 Å². The fourth-order valence-corrected chi connectivity index (χ4v) is 3.09. The Bertz CT molecular complexity index is 584. The predicted octanol–water partition coefficient (Wildman–Crippen LogP) is 1.58. The van der Waals surface area contributed by atoms with Crippen LogP contribution < -0.4 is 16.8 Å². The summed E-state index contributed by atoms with van der Waals surface area (Å²) in [6, 6.07) is 8.03. The van der Waals surface area contributed by atoms with Crippen molar-refractivity contribution in [3.8, 4) is 0 Å². The Hall–Kier alpha value is -1.34. The Kier molecular flexibility index (Phi) is 11.5. The largest absolute Gasteiger partial charge is 0.369 e. The normalized spacial score (nSPS) is 18.2.